The molecule has 1 amide bonds. The van der Waals surface area contributed by atoms with Crippen molar-refractivity contribution in [2.75, 3.05) is 0 Å². The van der Waals surface area contributed by atoms with Crippen molar-refractivity contribution in [3.05, 3.63) is 76.9 Å². The molecule has 0 spiro atoms. The molecule has 24 heavy (non-hydrogen) atoms. The van der Waals surface area contributed by atoms with Crippen molar-refractivity contribution in [2.45, 2.75) is 45.1 Å². The number of aryl methyl sites for hydroxylation is 2. The Hall–Kier alpha value is -2.35. The Kier molecular flexibility index (Phi) is 5.47. The van der Waals surface area contributed by atoms with E-state index in [1.54, 1.807) is 6.08 Å². The molecular formula is C22H25NO. The zero-order valence-corrected chi connectivity index (χ0v) is 14.3. The van der Waals surface area contributed by atoms with Crippen LogP contribution in [0.2, 0.25) is 0 Å². The Balaban J connectivity index is 1.68. The van der Waals surface area contributed by atoms with E-state index >= 15 is 0 Å². The van der Waals surface area contributed by atoms with Gasteiger partial charge in [-0.25, -0.2) is 0 Å². The first-order valence-electron chi connectivity index (χ1n) is 8.91. The van der Waals surface area contributed by atoms with Crippen molar-refractivity contribution < 1.29 is 4.79 Å². The maximum atomic E-state index is 12.2. The number of amides is 1. The van der Waals surface area contributed by atoms with Crippen molar-refractivity contribution in [3.63, 3.8) is 0 Å². The largest absolute Gasteiger partial charge is 0.346 e. The third-order valence-corrected chi connectivity index (χ3v) is 4.73. The molecule has 1 atom stereocenters. The van der Waals surface area contributed by atoms with E-state index in [4.69, 9.17) is 0 Å². The van der Waals surface area contributed by atoms with Crippen LogP contribution in [0.4, 0.5) is 0 Å². The third-order valence-electron chi connectivity index (χ3n) is 4.73. The van der Waals surface area contributed by atoms with E-state index in [1.165, 1.54) is 42.4 Å². The van der Waals surface area contributed by atoms with Crippen LogP contribution in [0.15, 0.2) is 54.6 Å². The molecule has 0 bridgehead atoms. The highest BCUT2D eigenvalue weighted by Gasteiger charge is 2.15. The number of nitrogens with one attached hydrogen (secondary N) is 1. The number of carbonyl (C=O) groups is 1. The molecule has 0 saturated carbocycles. The van der Waals surface area contributed by atoms with Crippen LogP contribution in [0.1, 0.15) is 54.5 Å². The Labute approximate surface area is 144 Å². The van der Waals surface area contributed by atoms with Gasteiger partial charge in [-0.3, -0.25) is 4.79 Å². The van der Waals surface area contributed by atoms with Crippen LogP contribution in [0.25, 0.3) is 6.08 Å². The second-order valence-corrected chi connectivity index (χ2v) is 6.45. The van der Waals surface area contributed by atoms with Gasteiger partial charge >= 0.3 is 0 Å². The van der Waals surface area contributed by atoms with Crippen LogP contribution in [-0.4, -0.2) is 5.91 Å². The van der Waals surface area contributed by atoms with Crippen LogP contribution in [0, 0.1) is 0 Å². The number of fused-ring (bicyclic) bond motifs is 1. The van der Waals surface area contributed by atoms with Gasteiger partial charge in [-0.15, -0.1) is 0 Å². The van der Waals surface area contributed by atoms with Crippen molar-refractivity contribution in [1.82, 2.24) is 5.32 Å². The highest BCUT2D eigenvalue weighted by molar-refractivity contribution is 5.92. The van der Waals surface area contributed by atoms with Crippen LogP contribution in [0.3, 0.4) is 0 Å². The molecule has 2 nitrogen and oxygen atoms in total. The molecule has 0 aliphatic heterocycles. The summed E-state index contributed by atoms with van der Waals surface area (Å²) in [6.07, 6.45) is 9.30. The lowest BCUT2D eigenvalue weighted by Gasteiger charge is -2.21. The predicted octanol–water partition coefficient (Wildman–Crippen LogP) is 4.85. The Morgan fingerprint density at radius 3 is 2.58 bits per heavy atom. The molecule has 2 aromatic rings. The van der Waals surface area contributed by atoms with E-state index < -0.39 is 0 Å². The Morgan fingerprint density at radius 2 is 1.83 bits per heavy atom. The molecule has 1 aliphatic carbocycles. The lowest BCUT2D eigenvalue weighted by molar-refractivity contribution is -0.117. The van der Waals surface area contributed by atoms with E-state index in [1.807, 2.05) is 36.4 Å². The van der Waals surface area contributed by atoms with Gasteiger partial charge in [0.2, 0.25) is 5.91 Å². The second kappa shape index (κ2) is 7.96. The van der Waals surface area contributed by atoms with Crippen molar-refractivity contribution in [1.29, 1.82) is 0 Å². The normalized spacial score (nSPS) is 15.0. The fourth-order valence-electron chi connectivity index (χ4n) is 3.35. The van der Waals surface area contributed by atoms with Crippen LogP contribution >= 0.6 is 0 Å². The molecule has 0 heterocycles. The summed E-state index contributed by atoms with van der Waals surface area (Å²) in [7, 11) is 0. The minimum absolute atomic E-state index is 0.0385. The summed E-state index contributed by atoms with van der Waals surface area (Å²) in [6.45, 7) is 2.12. The number of rotatable bonds is 5. The van der Waals surface area contributed by atoms with E-state index in [-0.39, 0.29) is 11.9 Å². The predicted molar refractivity (Wildman–Crippen MR) is 99.7 cm³/mol. The summed E-state index contributed by atoms with van der Waals surface area (Å²) < 4.78 is 0. The summed E-state index contributed by atoms with van der Waals surface area (Å²) in [5.74, 6) is -0.0385. The first-order chi connectivity index (χ1) is 11.8. The summed E-state index contributed by atoms with van der Waals surface area (Å²) in [5, 5.41) is 3.13. The Morgan fingerprint density at radius 1 is 1.08 bits per heavy atom. The molecule has 0 radical (unpaired) electrons. The first-order valence-corrected chi connectivity index (χ1v) is 8.91. The van der Waals surface area contributed by atoms with Gasteiger partial charge in [0, 0.05) is 6.08 Å². The van der Waals surface area contributed by atoms with E-state index in [9.17, 15) is 4.79 Å². The minimum Gasteiger partial charge on any atom is -0.346 e. The van der Waals surface area contributed by atoms with Gasteiger partial charge in [0.05, 0.1) is 6.04 Å². The molecule has 0 unspecified atom stereocenters. The quantitative estimate of drug-likeness (QED) is 0.785. The SMILES string of the molecule is CC[C@H](NC(=O)/C=C/c1ccccc1)c1ccc2c(c1)CCCC2. The fraction of sp³-hybridized carbons (Fsp3) is 0.318. The molecular weight excluding hydrogens is 294 g/mol. The zero-order valence-electron chi connectivity index (χ0n) is 14.3. The summed E-state index contributed by atoms with van der Waals surface area (Å²) >= 11 is 0. The number of carbonyl (C=O) groups excluding carboxylic acids is 1. The maximum absolute atomic E-state index is 12.2. The highest BCUT2D eigenvalue weighted by Crippen LogP contribution is 2.26. The van der Waals surface area contributed by atoms with E-state index in [0.29, 0.717) is 0 Å². The monoisotopic (exact) mass is 319 g/mol. The van der Waals surface area contributed by atoms with Gasteiger partial charge in [0.15, 0.2) is 0 Å². The van der Waals surface area contributed by atoms with Gasteiger partial charge in [0.1, 0.15) is 0 Å². The topological polar surface area (TPSA) is 29.1 Å². The Bertz CT molecular complexity index is 718. The van der Waals surface area contributed by atoms with E-state index in [0.717, 1.165) is 12.0 Å². The van der Waals surface area contributed by atoms with Gasteiger partial charge in [0.25, 0.3) is 0 Å². The van der Waals surface area contributed by atoms with Crippen LogP contribution in [-0.2, 0) is 17.6 Å². The molecule has 2 aromatic carbocycles. The smallest absolute Gasteiger partial charge is 0.244 e. The van der Waals surface area contributed by atoms with Gasteiger partial charge < -0.3 is 5.32 Å². The molecule has 1 aliphatic rings. The van der Waals surface area contributed by atoms with Gasteiger partial charge in [-0.05, 0) is 60.4 Å². The number of hydrogen-bond donors (Lipinski definition) is 1. The van der Waals surface area contributed by atoms with Crippen LogP contribution in [0.5, 0.6) is 0 Å². The average Bonchev–Trinajstić information content (AvgIpc) is 2.65. The standard InChI is InChI=1S/C22H25NO/c1-2-21(20-14-13-18-10-6-7-11-19(18)16-20)23-22(24)15-12-17-8-4-3-5-9-17/h3-5,8-9,12-16,21H,2,6-7,10-11H2,1H3,(H,23,24)/b15-12+/t21-/m0/s1. The van der Waals surface area contributed by atoms with Gasteiger partial charge in [-0.2, -0.15) is 0 Å². The summed E-state index contributed by atoms with van der Waals surface area (Å²) in [5.41, 5.74) is 5.20. The molecule has 1 N–H and O–H groups in total. The summed E-state index contributed by atoms with van der Waals surface area (Å²) in [4.78, 5) is 12.2. The van der Waals surface area contributed by atoms with Gasteiger partial charge in [-0.1, -0.05) is 55.5 Å². The first kappa shape index (κ1) is 16.5. The zero-order chi connectivity index (χ0) is 16.8. The highest BCUT2D eigenvalue weighted by atomic mass is 16.1. The second-order valence-electron chi connectivity index (χ2n) is 6.45. The van der Waals surface area contributed by atoms with Crippen molar-refractivity contribution in [3.8, 4) is 0 Å². The molecule has 0 aromatic heterocycles. The molecule has 124 valence electrons. The summed E-state index contributed by atoms with van der Waals surface area (Å²) in [6, 6.07) is 16.7. The average molecular weight is 319 g/mol. The lowest BCUT2D eigenvalue weighted by Crippen LogP contribution is -2.26. The molecule has 0 fully saturated rings. The van der Waals surface area contributed by atoms with Crippen molar-refractivity contribution >= 4 is 12.0 Å². The lowest BCUT2D eigenvalue weighted by atomic mass is 9.89. The molecule has 2 heteroatoms. The molecule has 0 saturated heterocycles. The molecule has 3 rings (SSSR count). The van der Waals surface area contributed by atoms with E-state index in [2.05, 4.69) is 30.4 Å². The van der Waals surface area contributed by atoms with Crippen LogP contribution < -0.4 is 5.32 Å². The maximum Gasteiger partial charge on any atom is 0.244 e. The van der Waals surface area contributed by atoms with Crippen molar-refractivity contribution in [2.24, 2.45) is 0 Å². The minimum atomic E-state index is -0.0385. The fourth-order valence-corrected chi connectivity index (χ4v) is 3.35. The number of hydrogen-bond acceptors (Lipinski definition) is 1. The third kappa shape index (κ3) is 4.14. The number of benzene rings is 2.